The first-order valence-corrected chi connectivity index (χ1v) is 10.6. The van der Waals surface area contributed by atoms with E-state index in [1.54, 1.807) is 0 Å². The van der Waals surface area contributed by atoms with Crippen LogP contribution in [-0.2, 0) is 9.48 Å². The minimum absolute atomic E-state index is 0.0506. The van der Waals surface area contributed by atoms with Crippen LogP contribution < -0.4 is 0 Å². The molecule has 0 amide bonds. The molecule has 3 heteroatoms. The lowest BCUT2D eigenvalue weighted by Gasteiger charge is -2.35. The van der Waals surface area contributed by atoms with E-state index in [-0.39, 0.29) is 16.1 Å². The predicted molar refractivity (Wildman–Crippen MR) is 109 cm³/mol. The molecule has 1 nitrogen and oxygen atoms in total. The van der Waals surface area contributed by atoms with Gasteiger partial charge in [-0.15, -0.1) is 0 Å². The largest absolute Gasteiger partial charge is 0.378 e. The quantitative estimate of drug-likeness (QED) is 0.519. The van der Waals surface area contributed by atoms with Crippen LogP contribution in [0.4, 0.5) is 0 Å². The van der Waals surface area contributed by atoms with Crippen molar-refractivity contribution < 1.29 is 4.74 Å². The standard InChI is InChI=1S/C22H20OS2/c1-23-21-20(17-11-5-2-6-12-17)24-25-22(21,18-13-7-3-8-14-18)19-15-9-4-10-16-19/h2-16,20-21H,1H3. The monoisotopic (exact) mass is 364 g/mol. The molecule has 0 radical (unpaired) electrons. The Kier molecular flexibility index (Phi) is 4.89. The van der Waals surface area contributed by atoms with Gasteiger partial charge in [0.1, 0.15) is 4.75 Å². The summed E-state index contributed by atoms with van der Waals surface area (Å²) in [5, 5.41) is 0.289. The molecular weight excluding hydrogens is 344 g/mol. The van der Waals surface area contributed by atoms with Crippen molar-refractivity contribution in [2.45, 2.75) is 16.1 Å². The summed E-state index contributed by atoms with van der Waals surface area (Å²) >= 11 is 0. The van der Waals surface area contributed by atoms with Crippen molar-refractivity contribution >= 4 is 21.6 Å². The number of methoxy groups -OCH3 is 1. The van der Waals surface area contributed by atoms with Gasteiger partial charge in [0.25, 0.3) is 0 Å². The first-order chi connectivity index (χ1) is 12.4. The van der Waals surface area contributed by atoms with Crippen LogP contribution in [0.1, 0.15) is 21.9 Å². The third-order valence-electron chi connectivity index (χ3n) is 4.75. The molecule has 0 bridgehead atoms. The Hall–Kier alpha value is -1.68. The van der Waals surface area contributed by atoms with Gasteiger partial charge in [0.2, 0.25) is 0 Å². The molecular formula is C22H20OS2. The molecule has 1 heterocycles. The molecule has 1 aliphatic heterocycles. The third kappa shape index (κ3) is 2.91. The summed E-state index contributed by atoms with van der Waals surface area (Å²) in [6.45, 7) is 0. The lowest BCUT2D eigenvalue weighted by molar-refractivity contribution is 0.0793. The van der Waals surface area contributed by atoms with Gasteiger partial charge in [-0.25, -0.2) is 0 Å². The fourth-order valence-corrected chi connectivity index (χ4v) is 7.65. The first kappa shape index (κ1) is 16.8. The topological polar surface area (TPSA) is 9.23 Å². The van der Waals surface area contributed by atoms with E-state index in [4.69, 9.17) is 4.74 Å². The van der Waals surface area contributed by atoms with Gasteiger partial charge in [0.15, 0.2) is 0 Å². The van der Waals surface area contributed by atoms with Crippen LogP contribution in [0, 0.1) is 0 Å². The molecule has 1 aliphatic rings. The van der Waals surface area contributed by atoms with Gasteiger partial charge in [-0.2, -0.15) is 0 Å². The molecule has 0 spiro atoms. The van der Waals surface area contributed by atoms with E-state index >= 15 is 0 Å². The second kappa shape index (κ2) is 7.28. The smallest absolute Gasteiger partial charge is 0.104 e. The van der Waals surface area contributed by atoms with E-state index in [1.165, 1.54) is 16.7 Å². The third-order valence-corrected chi connectivity index (χ3v) is 8.24. The zero-order valence-corrected chi connectivity index (χ0v) is 15.7. The lowest BCUT2D eigenvalue weighted by Crippen LogP contribution is -2.37. The van der Waals surface area contributed by atoms with Crippen LogP contribution >= 0.6 is 21.6 Å². The highest BCUT2D eigenvalue weighted by molar-refractivity contribution is 8.77. The van der Waals surface area contributed by atoms with Gasteiger partial charge in [-0.1, -0.05) is 113 Å². The highest BCUT2D eigenvalue weighted by atomic mass is 33.1. The summed E-state index contributed by atoms with van der Waals surface area (Å²) in [5.41, 5.74) is 3.91. The molecule has 4 rings (SSSR count). The minimum Gasteiger partial charge on any atom is -0.378 e. The van der Waals surface area contributed by atoms with Gasteiger partial charge >= 0.3 is 0 Å². The number of hydrogen-bond donors (Lipinski definition) is 0. The van der Waals surface area contributed by atoms with Crippen molar-refractivity contribution in [2.75, 3.05) is 7.11 Å². The lowest BCUT2D eigenvalue weighted by atomic mass is 9.82. The fraction of sp³-hybridized carbons (Fsp3) is 0.182. The average Bonchev–Trinajstić information content (AvgIpc) is 3.10. The van der Waals surface area contributed by atoms with Gasteiger partial charge in [-0.05, 0) is 16.7 Å². The summed E-state index contributed by atoms with van der Waals surface area (Å²) in [5.74, 6) is 0. The number of ether oxygens (including phenoxy) is 1. The molecule has 126 valence electrons. The Morgan fingerprint density at radius 3 is 1.68 bits per heavy atom. The molecule has 0 aromatic heterocycles. The molecule has 2 atom stereocenters. The van der Waals surface area contributed by atoms with Crippen LogP contribution in [0.3, 0.4) is 0 Å². The molecule has 25 heavy (non-hydrogen) atoms. The molecule has 0 saturated carbocycles. The Labute approximate surface area is 157 Å². The fourth-order valence-electron chi connectivity index (χ4n) is 3.56. The van der Waals surface area contributed by atoms with E-state index < -0.39 is 0 Å². The average molecular weight is 365 g/mol. The SMILES string of the molecule is COC1C(c2ccccc2)SSC1(c1ccccc1)c1ccccc1. The van der Waals surface area contributed by atoms with E-state index in [2.05, 4.69) is 91.0 Å². The molecule has 3 aromatic carbocycles. The highest BCUT2D eigenvalue weighted by Crippen LogP contribution is 2.66. The summed E-state index contributed by atoms with van der Waals surface area (Å²) < 4.78 is 5.94. The van der Waals surface area contributed by atoms with Crippen molar-refractivity contribution in [2.24, 2.45) is 0 Å². The molecule has 2 unspecified atom stereocenters. The zero-order chi connectivity index (χ0) is 17.1. The first-order valence-electron chi connectivity index (χ1n) is 8.39. The van der Waals surface area contributed by atoms with E-state index in [1.807, 2.05) is 28.7 Å². The van der Waals surface area contributed by atoms with E-state index in [0.717, 1.165) is 0 Å². The molecule has 3 aromatic rings. The molecule has 1 saturated heterocycles. The second-order valence-corrected chi connectivity index (χ2v) is 8.72. The Balaban J connectivity index is 1.87. The van der Waals surface area contributed by atoms with E-state index in [0.29, 0.717) is 0 Å². The van der Waals surface area contributed by atoms with Crippen LogP contribution in [0.15, 0.2) is 91.0 Å². The van der Waals surface area contributed by atoms with Crippen molar-refractivity contribution in [3.05, 3.63) is 108 Å². The molecule has 1 fully saturated rings. The Morgan fingerprint density at radius 2 is 1.20 bits per heavy atom. The van der Waals surface area contributed by atoms with E-state index in [9.17, 15) is 0 Å². The number of benzene rings is 3. The maximum atomic E-state index is 6.16. The number of hydrogen-bond acceptors (Lipinski definition) is 3. The van der Waals surface area contributed by atoms with Gasteiger partial charge < -0.3 is 4.74 Å². The Morgan fingerprint density at radius 1 is 0.720 bits per heavy atom. The van der Waals surface area contributed by atoms with Gasteiger partial charge in [-0.3, -0.25) is 0 Å². The highest BCUT2D eigenvalue weighted by Gasteiger charge is 2.53. The molecule has 0 N–H and O–H groups in total. The summed E-state index contributed by atoms with van der Waals surface area (Å²) in [6.07, 6.45) is 0.0506. The number of rotatable bonds is 4. The normalized spacial score (nSPS) is 22.0. The van der Waals surface area contributed by atoms with Gasteiger partial charge in [0, 0.05) is 7.11 Å². The zero-order valence-electron chi connectivity index (χ0n) is 14.0. The summed E-state index contributed by atoms with van der Waals surface area (Å²) in [4.78, 5) is 0. The minimum atomic E-state index is -0.220. The van der Waals surface area contributed by atoms with Crippen LogP contribution in [-0.4, -0.2) is 13.2 Å². The van der Waals surface area contributed by atoms with Crippen molar-refractivity contribution in [3.63, 3.8) is 0 Å². The van der Waals surface area contributed by atoms with Crippen LogP contribution in [0.5, 0.6) is 0 Å². The summed E-state index contributed by atoms with van der Waals surface area (Å²) in [6, 6.07) is 32.2. The van der Waals surface area contributed by atoms with Gasteiger partial charge in [0.05, 0.1) is 11.4 Å². The maximum Gasteiger partial charge on any atom is 0.104 e. The van der Waals surface area contributed by atoms with Crippen LogP contribution in [0.25, 0.3) is 0 Å². The van der Waals surface area contributed by atoms with Crippen LogP contribution in [0.2, 0.25) is 0 Å². The van der Waals surface area contributed by atoms with Crippen molar-refractivity contribution in [1.82, 2.24) is 0 Å². The maximum absolute atomic E-state index is 6.16. The van der Waals surface area contributed by atoms with Crippen molar-refractivity contribution in [3.8, 4) is 0 Å². The molecule has 0 aliphatic carbocycles. The second-order valence-electron chi connectivity index (χ2n) is 6.13. The predicted octanol–water partition coefficient (Wildman–Crippen LogP) is 6.08. The Bertz CT molecular complexity index is 766. The van der Waals surface area contributed by atoms with Crippen molar-refractivity contribution in [1.29, 1.82) is 0 Å². The summed E-state index contributed by atoms with van der Waals surface area (Å²) in [7, 11) is 5.68.